The summed E-state index contributed by atoms with van der Waals surface area (Å²) in [5.41, 5.74) is 6.58. The van der Waals surface area contributed by atoms with E-state index in [4.69, 9.17) is 10.8 Å². The summed E-state index contributed by atoms with van der Waals surface area (Å²) in [5.74, 6) is -0.270. The molecule has 0 amide bonds. The predicted octanol–water partition coefficient (Wildman–Crippen LogP) is 1.43. The smallest absolute Gasteiger partial charge is 0.337 e. The lowest BCUT2D eigenvalue weighted by Gasteiger charge is -2.32. The van der Waals surface area contributed by atoms with Crippen molar-refractivity contribution in [2.24, 2.45) is 0 Å². The van der Waals surface area contributed by atoms with Crippen molar-refractivity contribution in [3.8, 4) is 0 Å². The molecule has 6 heteroatoms. The Labute approximate surface area is 124 Å². The fourth-order valence-corrected chi connectivity index (χ4v) is 3.37. The minimum atomic E-state index is -0.992. The van der Waals surface area contributed by atoms with Crippen LogP contribution in [0.2, 0.25) is 0 Å². The number of rotatable bonds is 3. The van der Waals surface area contributed by atoms with Crippen molar-refractivity contribution in [2.75, 3.05) is 36.8 Å². The number of carboxylic acid groups (broad SMARTS) is 1. The Bertz CT molecular complexity index is 528. The Morgan fingerprint density at radius 2 is 2.05 bits per heavy atom. The number of piperidine rings is 1. The molecule has 0 aliphatic carbocycles. The summed E-state index contributed by atoms with van der Waals surface area (Å²) in [5, 5.41) is 8.96. The summed E-state index contributed by atoms with van der Waals surface area (Å²) < 4.78 is 0. The van der Waals surface area contributed by atoms with Crippen LogP contribution in [-0.2, 0) is 0 Å². The first-order valence-electron chi connectivity index (χ1n) is 7.63. The van der Waals surface area contributed by atoms with Crippen molar-refractivity contribution in [1.29, 1.82) is 0 Å². The number of hydrogen-bond donors (Lipinski definition) is 2. The van der Waals surface area contributed by atoms with E-state index in [9.17, 15) is 4.79 Å². The highest BCUT2D eigenvalue weighted by atomic mass is 16.4. The molecule has 0 saturated carbocycles. The van der Waals surface area contributed by atoms with Gasteiger partial charge < -0.3 is 15.7 Å². The van der Waals surface area contributed by atoms with Crippen LogP contribution < -0.4 is 10.6 Å². The van der Waals surface area contributed by atoms with Gasteiger partial charge in [-0.05, 0) is 38.4 Å². The molecule has 0 aromatic carbocycles. The van der Waals surface area contributed by atoms with Crippen LogP contribution >= 0.6 is 0 Å². The Balaban J connectivity index is 1.69. The Hall–Kier alpha value is -1.82. The molecule has 2 aliphatic rings. The van der Waals surface area contributed by atoms with Crippen molar-refractivity contribution < 1.29 is 9.90 Å². The van der Waals surface area contributed by atoms with E-state index in [1.807, 2.05) is 0 Å². The molecule has 0 radical (unpaired) electrons. The number of nitrogens with two attached hydrogens (primary N) is 1. The molecule has 1 aromatic rings. The summed E-state index contributed by atoms with van der Waals surface area (Å²) in [6.45, 7) is 4.26. The third-order valence-corrected chi connectivity index (χ3v) is 4.51. The number of nitrogen functional groups attached to an aromatic ring is 1. The number of anilines is 2. The van der Waals surface area contributed by atoms with Crippen LogP contribution in [0.25, 0.3) is 0 Å². The number of carboxylic acids is 1. The van der Waals surface area contributed by atoms with Gasteiger partial charge in [-0.1, -0.05) is 6.42 Å². The molecular formula is C15H22N4O2. The summed E-state index contributed by atoms with van der Waals surface area (Å²) in [7, 11) is 0. The molecule has 1 aromatic heterocycles. The fourth-order valence-electron chi connectivity index (χ4n) is 3.37. The summed E-state index contributed by atoms with van der Waals surface area (Å²) in [6, 6.07) is 2.07. The van der Waals surface area contributed by atoms with Gasteiger partial charge in [0.25, 0.3) is 0 Å². The van der Waals surface area contributed by atoms with E-state index < -0.39 is 5.97 Å². The van der Waals surface area contributed by atoms with E-state index in [1.54, 1.807) is 0 Å². The van der Waals surface area contributed by atoms with Gasteiger partial charge in [0, 0.05) is 25.3 Å². The first-order valence-corrected chi connectivity index (χ1v) is 7.63. The maximum Gasteiger partial charge on any atom is 0.337 e. The lowest BCUT2D eigenvalue weighted by molar-refractivity contribution is 0.0696. The van der Waals surface area contributed by atoms with Gasteiger partial charge in [-0.25, -0.2) is 9.78 Å². The molecular weight excluding hydrogens is 268 g/mol. The summed E-state index contributed by atoms with van der Waals surface area (Å²) in [6.07, 6.45) is 6.45. The second kappa shape index (κ2) is 5.89. The van der Waals surface area contributed by atoms with Gasteiger partial charge in [0.1, 0.15) is 0 Å². The zero-order valence-electron chi connectivity index (χ0n) is 12.2. The van der Waals surface area contributed by atoms with Crippen LogP contribution in [0.1, 0.15) is 36.0 Å². The summed E-state index contributed by atoms with van der Waals surface area (Å²) in [4.78, 5) is 19.9. The van der Waals surface area contributed by atoms with Crippen LogP contribution in [0.4, 0.5) is 11.5 Å². The van der Waals surface area contributed by atoms with Crippen molar-refractivity contribution in [1.82, 2.24) is 9.88 Å². The first-order chi connectivity index (χ1) is 10.1. The van der Waals surface area contributed by atoms with Crippen LogP contribution in [0, 0.1) is 0 Å². The average Bonchev–Trinajstić information content (AvgIpc) is 2.97. The monoisotopic (exact) mass is 290 g/mol. The van der Waals surface area contributed by atoms with Crippen LogP contribution in [0.3, 0.4) is 0 Å². The van der Waals surface area contributed by atoms with Crippen LogP contribution in [0.5, 0.6) is 0 Å². The largest absolute Gasteiger partial charge is 0.478 e. The molecule has 0 spiro atoms. The Morgan fingerprint density at radius 1 is 1.29 bits per heavy atom. The Kier molecular flexibility index (Phi) is 3.96. The third-order valence-electron chi connectivity index (χ3n) is 4.51. The van der Waals surface area contributed by atoms with E-state index in [1.165, 1.54) is 44.6 Å². The van der Waals surface area contributed by atoms with Crippen molar-refractivity contribution in [3.63, 3.8) is 0 Å². The molecule has 0 bridgehead atoms. The van der Waals surface area contributed by atoms with Gasteiger partial charge in [-0.15, -0.1) is 0 Å². The number of carbonyl (C=O) groups is 1. The van der Waals surface area contributed by atoms with Gasteiger partial charge in [-0.2, -0.15) is 0 Å². The van der Waals surface area contributed by atoms with Crippen molar-refractivity contribution in [3.05, 3.63) is 17.8 Å². The lowest BCUT2D eigenvalue weighted by Crippen LogP contribution is -2.41. The maximum atomic E-state index is 10.9. The maximum absolute atomic E-state index is 10.9. The molecule has 1 atom stereocenters. The predicted molar refractivity (Wildman–Crippen MR) is 81.7 cm³/mol. The van der Waals surface area contributed by atoms with Gasteiger partial charge in [0.05, 0.1) is 11.3 Å². The zero-order chi connectivity index (χ0) is 14.8. The van der Waals surface area contributed by atoms with Gasteiger partial charge in [0.2, 0.25) is 0 Å². The highest BCUT2D eigenvalue weighted by Gasteiger charge is 2.30. The zero-order valence-corrected chi connectivity index (χ0v) is 12.2. The topological polar surface area (TPSA) is 82.7 Å². The SMILES string of the molecule is Nc1cc(C(=O)O)cnc1N1CCC(N2CCCCC2)C1. The van der Waals surface area contributed by atoms with Gasteiger partial charge >= 0.3 is 5.97 Å². The second-order valence-corrected chi connectivity index (χ2v) is 5.93. The quantitative estimate of drug-likeness (QED) is 0.876. The number of aromatic carboxylic acids is 1. The van der Waals surface area contributed by atoms with Gasteiger partial charge in [-0.3, -0.25) is 4.90 Å². The molecule has 3 rings (SSSR count). The average molecular weight is 290 g/mol. The standard InChI is InChI=1S/C15H22N4O2/c16-13-8-11(15(20)21)9-17-14(13)19-7-4-12(10-19)18-5-2-1-3-6-18/h8-9,12H,1-7,10,16H2,(H,20,21). The molecule has 1 unspecified atom stereocenters. The Morgan fingerprint density at radius 3 is 2.71 bits per heavy atom. The molecule has 2 aliphatic heterocycles. The van der Waals surface area contributed by atoms with E-state index in [0.29, 0.717) is 11.7 Å². The highest BCUT2D eigenvalue weighted by Crippen LogP contribution is 2.27. The first kappa shape index (κ1) is 14.1. The fraction of sp³-hybridized carbons (Fsp3) is 0.600. The molecule has 6 nitrogen and oxygen atoms in total. The van der Waals surface area contributed by atoms with Crippen molar-refractivity contribution >= 4 is 17.5 Å². The third kappa shape index (κ3) is 2.95. The van der Waals surface area contributed by atoms with E-state index in [-0.39, 0.29) is 5.56 Å². The summed E-state index contributed by atoms with van der Waals surface area (Å²) >= 11 is 0. The van der Waals surface area contributed by atoms with E-state index >= 15 is 0 Å². The molecule has 2 fully saturated rings. The lowest BCUT2D eigenvalue weighted by atomic mass is 10.1. The van der Waals surface area contributed by atoms with Crippen LogP contribution in [0.15, 0.2) is 12.3 Å². The van der Waals surface area contributed by atoms with Crippen LogP contribution in [-0.4, -0.2) is 53.2 Å². The normalized spacial score (nSPS) is 23.4. The minimum Gasteiger partial charge on any atom is -0.478 e. The molecule has 114 valence electrons. The number of likely N-dealkylation sites (tertiary alicyclic amines) is 1. The number of nitrogens with zero attached hydrogens (tertiary/aromatic N) is 3. The van der Waals surface area contributed by atoms with E-state index in [0.717, 1.165) is 25.3 Å². The highest BCUT2D eigenvalue weighted by molar-refractivity contribution is 5.89. The van der Waals surface area contributed by atoms with Gasteiger partial charge in [0.15, 0.2) is 5.82 Å². The number of hydrogen-bond acceptors (Lipinski definition) is 5. The molecule has 3 heterocycles. The number of pyridine rings is 1. The molecule has 21 heavy (non-hydrogen) atoms. The minimum absolute atomic E-state index is 0.142. The second-order valence-electron chi connectivity index (χ2n) is 5.93. The molecule has 3 N–H and O–H groups in total. The molecule has 2 saturated heterocycles. The van der Waals surface area contributed by atoms with E-state index in [2.05, 4.69) is 14.8 Å². The number of aromatic nitrogens is 1. The van der Waals surface area contributed by atoms with Crippen molar-refractivity contribution in [2.45, 2.75) is 31.7 Å².